The summed E-state index contributed by atoms with van der Waals surface area (Å²) >= 11 is 0. The number of nitrogens with two attached hydrogens (primary N) is 1. The van der Waals surface area contributed by atoms with E-state index in [0.717, 1.165) is 19.4 Å². The number of hydrogen-bond acceptors (Lipinski definition) is 5. The summed E-state index contributed by atoms with van der Waals surface area (Å²) < 4.78 is 15.8. The molecule has 0 unspecified atom stereocenters. The largest absolute Gasteiger partial charge is 0.367 e. The number of aromatic nitrogens is 3. The number of piperidine rings is 1. The predicted octanol–water partition coefficient (Wildman–Crippen LogP) is 1.23. The number of primary amides is 1. The van der Waals surface area contributed by atoms with Gasteiger partial charge in [-0.25, -0.2) is 14.1 Å². The molecule has 2 aromatic rings. The number of halogens is 1. The van der Waals surface area contributed by atoms with E-state index >= 15 is 0 Å². The van der Waals surface area contributed by atoms with Crippen LogP contribution in [0.25, 0.3) is 0 Å². The van der Waals surface area contributed by atoms with Gasteiger partial charge in [0.2, 0.25) is 5.82 Å². The molecule has 2 N–H and O–H groups in total. The minimum absolute atomic E-state index is 0.0145. The van der Waals surface area contributed by atoms with Gasteiger partial charge < -0.3 is 10.6 Å². The number of carbonyl (C=O) groups excluding carboxylic acids is 1. The third-order valence-corrected chi connectivity index (χ3v) is 3.92. The highest BCUT2D eigenvalue weighted by Crippen LogP contribution is 2.28. The van der Waals surface area contributed by atoms with E-state index in [1.165, 1.54) is 12.4 Å². The van der Waals surface area contributed by atoms with Gasteiger partial charge in [-0.1, -0.05) is 0 Å². The number of nitriles is 1. The van der Waals surface area contributed by atoms with E-state index in [-0.39, 0.29) is 11.9 Å². The Labute approximate surface area is 132 Å². The number of nitrogens with zero attached hydrogens (tertiary/aromatic N) is 5. The van der Waals surface area contributed by atoms with Crippen molar-refractivity contribution < 1.29 is 9.18 Å². The Morgan fingerprint density at radius 1 is 1.48 bits per heavy atom. The maximum Gasteiger partial charge on any atom is 0.288 e. The van der Waals surface area contributed by atoms with Crippen LogP contribution in [0.2, 0.25) is 0 Å². The summed E-state index contributed by atoms with van der Waals surface area (Å²) in [5.74, 6) is -1.11. The molecule has 1 aliphatic heterocycles. The smallest absolute Gasteiger partial charge is 0.288 e. The van der Waals surface area contributed by atoms with Crippen molar-refractivity contribution in [2.24, 2.45) is 5.73 Å². The Bertz CT molecular complexity index is 781. The van der Waals surface area contributed by atoms with Crippen LogP contribution in [0.15, 0.2) is 24.5 Å². The lowest BCUT2D eigenvalue weighted by molar-refractivity contribution is 0.0990. The average molecular weight is 314 g/mol. The first-order chi connectivity index (χ1) is 11.1. The second-order valence-electron chi connectivity index (χ2n) is 5.43. The Balaban J connectivity index is 1.80. The minimum atomic E-state index is -0.672. The van der Waals surface area contributed by atoms with Crippen LogP contribution in [0.3, 0.4) is 0 Å². The van der Waals surface area contributed by atoms with Gasteiger partial charge in [-0.2, -0.15) is 5.26 Å². The van der Waals surface area contributed by atoms with Gasteiger partial charge >= 0.3 is 0 Å². The summed E-state index contributed by atoms with van der Waals surface area (Å²) in [6.07, 6.45) is 3.19. The number of anilines is 1. The van der Waals surface area contributed by atoms with Crippen molar-refractivity contribution in [3.05, 3.63) is 41.7 Å². The Kier molecular flexibility index (Phi) is 3.93. The number of carbonyl (C=O) groups is 1. The second kappa shape index (κ2) is 6.04. The first-order valence-electron chi connectivity index (χ1n) is 7.24. The molecular formula is C15H15FN6O. The van der Waals surface area contributed by atoms with Crippen LogP contribution in [0.4, 0.5) is 10.1 Å². The summed E-state index contributed by atoms with van der Waals surface area (Å²) in [6.45, 7) is 1.26. The van der Waals surface area contributed by atoms with E-state index in [1.54, 1.807) is 16.8 Å². The molecule has 0 aliphatic carbocycles. The van der Waals surface area contributed by atoms with Crippen LogP contribution in [-0.2, 0) is 0 Å². The zero-order valence-electron chi connectivity index (χ0n) is 12.3. The molecule has 0 saturated carbocycles. The molecule has 118 valence electrons. The van der Waals surface area contributed by atoms with Crippen LogP contribution in [0, 0.1) is 17.1 Å². The molecule has 2 heterocycles. The fourth-order valence-corrected chi connectivity index (χ4v) is 2.79. The van der Waals surface area contributed by atoms with Gasteiger partial charge in [0, 0.05) is 13.1 Å². The van der Waals surface area contributed by atoms with E-state index in [4.69, 9.17) is 11.0 Å². The van der Waals surface area contributed by atoms with E-state index in [0.29, 0.717) is 17.8 Å². The normalized spacial score (nSPS) is 17.7. The summed E-state index contributed by atoms with van der Waals surface area (Å²) in [5.41, 5.74) is 5.91. The maximum absolute atomic E-state index is 14.2. The lowest BCUT2D eigenvalue weighted by Gasteiger charge is -2.34. The quantitative estimate of drug-likeness (QED) is 0.918. The van der Waals surface area contributed by atoms with Crippen LogP contribution in [0.5, 0.6) is 0 Å². The molecule has 1 aromatic heterocycles. The van der Waals surface area contributed by atoms with Gasteiger partial charge in [-0.3, -0.25) is 4.79 Å². The van der Waals surface area contributed by atoms with Crippen LogP contribution < -0.4 is 10.6 Å². The Morgan fingerprint density at radius 3 is 2.96 bits per heavy atom. The molecule has 1 saturated heterocycles. The summed E-state index contributed by atoms with van der Waals surface area (Å²) in [5, 5.41) is 12.9. The van der Waals surface area contributed by atoms with Crippen molar-refractivity contribution in [2.75, 3.05) is 18.0 Å². The van der Waals surface area contributed by atoms with Crippen molar-refractivity contribution in [2.45, 2.75) is 18.9 Å². The summed E-state index contributed by atoms with van der Waals surface area (Å²) in [7, 11) is 0. The number of benzene rings is 1. The highest BCUT2D eigenvalue weighted by atomic mass is 19.1. The molecule has 8 heteroatoms. The van der Waals surface area contributed by atoms with E-state index in [1.807, 2.05) is 11.0 Å². The number of hydrogen-bond donors (Lipinski definition) is 1. The lowest BCUT2D eigenvalue weighted by Crippen LogP contribution is -2.37. The fraction of sp³-hybridized carbons (Fsp3) is 0.333. The van der Waals surface area contributed by atoms with Gasteiger partial charge in [0.25, 0.3) is 5.91 Å². The van der Waals surface area contributed by atoms with Gasteiger partial charge in [0.1, 0.15) is 12.1 Å². The molecule has 1 aromatic carbocycles. The molecule has 1 aliphatic rings. The predicted molar refractivity (Wildman–Crippen MR) is 80.1 cm³/mol. The standard InChI is InChI=1S/C15H15FN6O/c16-12-6-10(7-17)3-4-13(12)21-5-1-2-11(8-21)22-9-19-15(20-22)14(18)23/h3-4,6,9,11H,1-2,5,8H2,(H2,18,23)/t11-/m0/s1. The highest BCUT2D eigenvalue weighted by Gasteiger charge is 2.24. The molecule has 0 bridgehead atoms. The highest BCUT2D eigenvalue weighted by molar-refractivity contribution is 5.88. The number of amides is 1. The van der Waals surface area contributed by atoms with E-state index in [2.05, 4.69) is 10.1 Å². The average Bonchev–Trinajstić information content (AvgIpc) is 3.05. The van der Waals surface area contributed by atoms with E-state index in [9.17, 15) is 9.18 Å². The van der Waals surface area contributed by atoms with Crippen molar-refractivity contribution in [3.63, 3.8) is 0 Å². The molecule has 23 heavy (non-hydrogen) atoms. The first kappa shape index (κ1) is 15.0. The molecule has 1 amide bonds. The Morgan fingerprint density at radius 2 is 2.30 bits per heavy atom. The SMILES string of the molecule is N#Cc1ccc(N2CCC[C@H](n3cnc(C(N)=O)n3)C2)c(F)c1. The topological polar surface area (TPSA) is 101 Å². The van der Waals surface area contributed by atoms with Gasteiger partial charge in [0.05, 0.1) is 23.4 Å². The lowest BCUT2D eigenvalue weighted by atomic mass is 10.0. The second-order valence-corrected chi connectivity index (χ2v) is 5.43. The molecule has 3 rings (SSSR count). The molecule has 7 nitrogen and oxygen atoms in total. The van der Waals surface area contributed by atoms with Gasteiger partial charge in [0.15, 0.2) is 0 Å². The van der Waals surface area contributed by atoms with E-state index < -0.39 is 11.7 Å². The molecule has 0 radical (unpaired) electrons. The third-order valence-electron chi connectivity index (χ3n) is 3.92. The van der Waals surface area contributed by atoms with Crippen LogP contribution in [0.1, 0.15) is 35.1 Å². The zero-order chi connectivity index (χ0) is 16.4. The number of rotatable bonds is 3. The van der Waals surface area contributed by atoms with Crippen molar-refractivity contribution in [1.29, 1.82) is 5.26 Å². The third kappa shape index (κ3) is 2.99. The summed E-state index contributed by atoms with van der Waals surface area (Å²) in [6, 6.07) is 6.36. The van der Waals surface area contributed by atoms with Crippen molar-refractivity contribution >= 4 is 11.6 Å². The van der Waals surface area contributed by atoms with Crippen LogP contribution in [-0.4, -0.2) is 33.8 Å². The van der Waals surface area contributed by atoms with Crippen molar-refractivity contribution in [3.8, 4) is 6.07 Å². The monoisotopic (exact) mass is 314 g/mol. The van der Waals surface area contributed by atoms with Gasteiger partial charge in [-0.15, -0.1) is 5.10 Å². The molecular weight excluding hydrogens is 299 g/mol. The molecule has 1 fully saturated rings. The minimum Gasteiger partial charge on any atom is -0.367 e. The molecule has 1 atom stereocenters. The molecule has 0 spiro atoms. The van der Waals surface area contributed by atoms with Crippen LogP contribution >= 0.6 is 0 Å². The first-order valence-corrected chi connectivity index (χ1v) is 7.24. The zero-order valence-corrected chi connectivity index (χ0v) is 12.3. The fourth-order valence-electron chi connectivity index (χ4n) is 2.79. The van der Waals surface area contributed by atoms with Gasteiger partial charge in [-0.05, 0) is 31.0 Å². The summed E-state index contributed by atoms with van der Waals surface area (Å²) in [4.78, 5) is 16.9. The van der Waals surface area contributed by atoms with Crippen molar-refractivity contribution in [1.82, 2.24) is 14.8 Å². The Hall–Kier alpha value is -2.95. The maximum atomic E-state index is 14.2.